The van der Waals surface area contributed by atoms with E-state index in [-0.39, 0.29) is 6.09 Å². The zero-order valence-electron chi connectivity index (χ0n) is 23.6. The third kappa shape index (κ3) is 5.52. The molecule has 2 atom stereocenters. The van der Waals surface area contributed by atoms with E-state index in [0.717, 1.165) is 81.6 Å². The molecular weight excluding hydrogens is 494 g/mol. The number of fused-ring (bicyclic) bond motifs is 2. The third-order valence-electron chi connectivity index (χ3n) is 8.39. The van der Waals surface area contributed by atoms with Crippen LogP contribution in [-0.2, 0) is 16.1 Å². The predicted molar refractivity (Wildman–Crippen MR) is 151 cm³/mol. The van der Waals surface area contributed by atoms with Gasteiger partial charge in [-0.25, -0.2) is 9.78 Å². The van der Waals surface area contributed by atoms with Gasteiger partial charge in [0.15, 0.2) is 0 Å². The number of nitrogens with one attached hydrogen (secondary N) is 1. The Morgan fingerprint density at radius 1 is 1.13 bits per heavy atom. The van der Waals surface area contributed by atoms with Crippen molar-refractivity contribution in [2.24, 2.45) is 0 Å². The van der Waals surface area contributed by atoms with Gasteiger partial charge in [-0.05, 0) is 76.8 Å². The minimum atomic E-state index is -0.454. The molecule has 1 amide bonds. The van der Waals surface area contributed by atoms with E-state index >= 15 is 0 Å². The molecular formula is C30H41N5O4. The van der Waals surface area contributed by atoms with Crippen LogP contribution in [0.1, 0.15) is 57.6 Å². The molecule has 0 bridgehead atoms. The highest BCUT2D eigenvalue weighted by Crippen LogP contribution is 2.41. The van der Waals surface area contributed by atoms with E-state index in [1.807, 2.05) is 31.9 Å². The van der Waals surface area contributed by atoms with Crippen molar-refractivity contribution in [1.82, 2.24) is 14.8 Å². The summed E-state index contributed by atoms with van der Waals surface area (Å²) in [6, 6.07) is 9.55. The van der Waals surface area contributed by atoms with Gasteiger partial charge in [0.1, 0.15) is 23.8 Å². The largest absolute Gasteiger partial charge is 0.487 e. The molecule has 9 nitrogen and oxygen atoms in total. The van der Waals surface area contributed by atoms with E-state index < -0.39 is 5.60 Å². The van der Waals surface area contributed by atoms with Crippen LogP contribution in [0.4, 0.5) is 22.0 Å². The number of benzene rings is 1. The van der Waals surface area contributed by atoms with Crippen LogP contribution in [0.5, 0.6) is 5.75 Å². The number of carbonyl (C=O) groups excluding carboxylic acids is 1. The van der Waals surface area contributed by atoms with Gasteiger partial charge in [0.05, 0.1) is 24.5 Å². The van der Waals surface area contributed by atoms with E-state index in [0.29, 0.717) is 24.6 Å². The van der Waals surface area contributed by atoms with Gasteiger partial charge in [-0.2, -0.15) is 0 Å². The molecule has 1 N–H and O–H groups in total. The fourth-order valence-corrected chi connectivity index (χ4v) is 6.31. The quantitative estimate of drug-likeness (QED) is 0.604. The van der Waals surface area contributed by atoms with Crippen molar-refractivity contribution in [1.29, 1.82) is 0 Å². The first-order chi connectivity index (χ1) is 18.7. The highest BCUT2D eigenvalue weighted by molar-refractivity contribution is 5.73. The summed E-state index contributed by atoms with van der Waals surface area (Å²) < 4.78 is 17.4. The second kappa shape index (κ2) is 10.5. The Balaban J connectivity index is 1.10. The second-order valence-corrected chi connectivity index (χ2v) is 12.3. The standard InChI is InChI=1S/C30H41N5O4/c1-20-15-22(8-10-35(20)23-17-34(18-23)29(36)39-30(2,3)4)21-5-6-27-25(16-21)32-28-24(19-38-27)26(7-9-31-28)33-11-13-37-14-12-33/h5-7,9,16,20,22-23H,8,10-15,17-19H2,1-4H3,(H,31,32). The Hall–Kier alpha value is -3.04. The zero-order valence-corrected chi connectivity index (χ0v) is 23.6. The number of pyridine rings is 1. The minimum Gasteiger partial charge on any atom is -0.487 e. The highest BCUT2D eigenvalue weighted by Gasteiger charge is 2.40. The van der Waals surface area contributed by atoms with Gasteiger partial charge in [-0.15, -0.1) is 0 Å². The first-order valence-corrected chi connectivity index (χ1v) is 14.3. The Labute approximate surface area is 231 Å². The van der Waals surface area contributed by atoms with E-state index in [4.69, 9.17) is 14.2 Å². The fraction of sp³-hybridized carbons (Fsp3) is 0.600. The Bertz CT molecular complexity index is 1200. The molecule has 9 heteroatoms. The number of amides is 1. The lowest BCUT2D eigenvalue weighted by atomic mass is 9.84. The Morgan fingerprint density at radius 3 is 2.67 bits per heavy atom. The van der Waals surface area contributed by atoms with Gasteiger partial charge >= 0.3 is 6.09 Å². The van der Waals surface area contributed by atoms with Crippen molar-refractivity contribution in [3.8, 4) is 5.75 Å². The lowest BCUT2D eigenvalue weighted by Gasteiger charge is -2.50. The molecule has 0 spiro atoms. The number of rotatable bonds is 3. The second-order valence-electron chi connectivity index (χ2n) is 12.3. The van der Waals surface area contributed by atoms with Crippen molar-refractivity contribution in [2.75, 3.05) is 56.2 Å². The normalized spacial score (nSPS) is 24.0. The molecule has 3 saturated heterocycles. The summed E-state index contributed by atoms with van der Waals surface area (Å²) >= 11 is 0. The third-order valence-corrected chi connectivity index (χ3v) is 8.39. The van der Waals surface area contributed by atoms with E-state index in [2.05, 4.69) is 51.3 Å². The Kier molecular flexibility index (Phi) is 7.05. The van der Waals surface area contributed by atoms with Crippen molar-refractivity contribution < 1.29 is 19.0 Å². The summed E-state index contributed by atoms with van der Waals surface area (Å²) in [5, 5.41) is 3.60. The number of nitrogens with zero attached hydrogens (tertiary/aromatic N) is 4. The topological polar surface area (TPSA) is 79.4 Å². The van der Waals surface area contributed by atoms with Crippen LogP contribution < -0.4 is 15.0 Å². The molecule has 5 heterocycles. The Morgan fingerprint density at radius 2 is 1.92 bits per heavy atom. The van der Waals surface area contributed by atoms with Gasteiger partial charge in [0.2, 0.25) is 0 Å². The molecule has 1 aromatic carbocycles. The minimum absolute atomic E-state index is 0.200. The number of carbonyl (C=O) groups is 1. The average molecular weight is 536 g/mol. The number of hydrogen-bond acceptors (Lipinski definition) is 8. The summed E-state index contributed by atoms with van der Waals surface area (Å²) in [5.41, 5.74) is 4.14. The van der Waals surface area contributed by atoms with Crippen molar-refractivity contribution >= 4 is 23.3 Å². The summed E-state index contributed by atoms with van der Waals surface area (Å²) in [6.07, 6.45) is 3.88. The summed E-state index contributed by atoms with van der Waals surface area (Å²) in [6.45, 7) is 14.3. The maximum atomic E-state index is 12.4. The van der Waals surface area contributed by atoms with Crippen LogP contribution in [0, 0.1) is 0 Å². The summed E-state index contributed by atoms with van der Waals surface area (Å²) in [4.78, 5) is 23.8. The van der Waals surface area contributed by atoms with Gasteiger partial charge < -0.3 is 29.3 Å². The molecule has 0 radical (unpaired) electrons. The molecule has 2 unspecified atom stereocenters. The van der Waals surface area contributed by atoms with Gasteiger partial charge in [-0.3, -0.25) is 4.90 Å². The van der Waals surface area contributed by atoms with Crippen LogP contribution in [0.25, 0.3) is 0 Å². The number of aromatic nitrogens is 1. The molecule has 0 aliphatic carbocycles. The number of anilines is 3. The van der Waals surface area contributed by atoms with Crippen molar-refractivity contribution in [3.63, 3.8) is 0 Å². The monoisotopic (exact) mass is 535 g/mol. The SMILES string of the molecule is CC1CC(c2ccc3c(c2)Nc2nccc(N4CCOCC4)c2CO3)CCN1C1CN(C(=O)OC(C)(C)C)C1. The van der Waals surface area contributed by atoms with Crippen LogP contribution in [-0.4, -0.2) is 84.5 Å². The van der Waals surface area contributed by atoms with Crippen molar-refractivity contribution in [3.05, 3.63) is 41.6 Å². The molecule has 210 valence electrons. The fourth-order valence-electron chi connectivity index (χ4n) is 6.31. The summed E-state index contributed by atoms with van der Waals surface area (Å²) in [7, 11) is 0. The molecule has 0 saturated carbocycles. The van der Waals surface area contributed by atoms with Crippen LogP contribution in [0.3, 0.4) is 0 Å². The molecule has 4 aliphatic heterocycles. The lowest BCUT2D eigenvalue weighted by Crippen LogP contribution is -2.64. The molecule has 3 fully saturated rings. The summed E-state index contributed by atoms with van der Waals surface area (Å²) in [5.74, 6) is 2.23. The maximum absolute atomic E-state index is 12.4. The number of hydrogen-bond donors (Lipinski definition) is 1. The first-order valence-electron chi connectivity index (χ1n) is 14.3. The smallest absolute Gasteiger partial charge is 0.410 e. The van der Waals surface area contributed by atoms with Gasteiger partial charge in [0.25, 0.3) is 0 Å². The van der Waals surface area contributed by atoms with Crippen LogP contribution in [0.2, 0.25) is 0 Å². The van der Waals surface area contributed by atoms with Crippen LogP contribution in [0.15, 0.2) is 30.5 Å². The van der Waals surface area contributed by atoms with E-state index in [9.17, 15) is 4.79 Å². The first kappa shape index (κ1) is 26.2. The lowest BCUT2D eigenvalue weighted by molar-refractivity contribution is -0.0310. The molecule has 1 aromatic heterocycles. The van der Waals surface area contributed by atoms with Crippen molar-refractivity contribution in [2.45, 2.75) is 70.7 Å². The molecule has 6 rings (SSSR count). The number of likely N-dealkylation sites (tertiary alicyclic amines) is 2. The number of morpholine rings is 1. The predicted octanol–water partition coefficient (Wildman–Crippen LogP) is 4.74. The van der Waals surface area contributed by atoms with E-state index in [1.54, 1.807) is 0 Å². The molecule has 4 aliphatic rings. The van der Waals surface area contributed by atoms with Gasteiger partial charge in [-0.1, -0.05) is 6.07 Å². The highest BCUT2D eigenvalue weighted by atomic mass is 16.6. The number of ether oxygens (including phenoxy) is 3. The molecule has 39 heavy (non-hydrogen) atoms. The average Bonchev–Trinajstić information content (AvgIpc) is 3.07. The number of piperidine rings is 1. The van der Waals surface area contributed by atoms with Crippen LogP contribution >= 0.6 is 0 Å². The van der Waals surface area contributed by atoms with Gasteiger partial charge in [0, 0.05) is 50.1 Å². The van der Waals surface area contributed by atoms with E-state index in [1.165, 1.54) is 11.3 Å². The molecule has 2 aromatic rings. The zero-order chi connectivity index (χ0) is 27.1. The maximum Gasteiger partial charge on any atom is 0.410 e.